The molecule has 5 heteroatoms. The standard InChI is InChI=1S/C20H31NO4/c1-7-14-21-17(22)13-10-15-8-11-16(12-9-15)24-20(5,6)18(23)25-19(2,3)4/h8-9,11-12H,7,10,13-14H2,1-6H3,(H,21,22). The van der Waals surface area contributed by atoms with Gasteiger partial charge in [0.15, 0.2) is 5.60 Å². The fourth-order valence-electron chi connectivity index (χ4n) is 2.07. The van der Waals surface area contributed by atoms with Gasteiger partial charge in [0.2, 0.25) is 5.91 Å². The first-order chi connectivity index (χ1) is 11.5. The molecule has 0 aliphatic rings. The number of hydrogen-bond donors (Lipinski definition) is 1. The SMILES string of the molecule is CCCNC(=O)CCc1ccc(OC(C)(C)C(=O)OC(C)(C)C)cc1. The lowest BCUT2D eigenvalue weighted by Crippen LogP contribution is -2.43. The van der Waals surface area contributed by atoms with Gasteiger partial charge in [0, 0.05) is 13.0 Å². The smallest absolute Gasteiger partial charge is 0.350 e. The van der Waals surface area contributed by atoms with Crippen LogP contribution in [0.3, 0.4) is 0 Å². The van der Waals surface area contributed by atoms with Crippen LogP contribution in [-0.2, 0) is 20.7 Å². The first-order valence-electron chi connectivity index (χ1n) is 8.81. The van der Waals surface area contributed by atoms with Crippen molar-refractivity contribution in [1.82, 2.24) is 5.32 Å². The van der Waals surface area contributed by atoms with Crippen LogP contribution >= 0.6 is 0 Å². The summed E-state index contributed by atoms with van der Waals surface area (Å²) in [5.74, 6) is 0.250. The van der Waals surface area contributed by atoms with Crippen LogP contribution in [0.15, 0.2) is 24.3 Å². The van der Waals surface area contributed by atoms with E-state index in [2.05, 4.69) is 5.32 Å². The van der Waals surface area contributed by atoms with Crippen molar-refractivity contribution in [1.29, 1.82) is 0 Å². The molecule has 0 aromatic heterocycles. The minimum absolute atomic E-state index is 0.0632. The summed E-state index contributed by atoms with van der Waals surface area (Å²) >= 11 is 0. The second-order valence-electron chi connectivity index (χ2n) is 7.61. The Morgan fingerprint density at radius 1 is 1.04 bits per heavy atom. The Morgan fingerprint density at radius 2 is 1.64 bits per heavy atom. The van der Waals surface area contributed by atoms with Gasteiger partial charge in [-0.3, -0.25) is 4.79 Å². The highest BCUT2D eigenvalue weighted by atomic mass is 16.6. The summed E-state index contributed by atoms with van der Waals surface area (Å²) in [5, 5.41) is 2.86. The second kappa shape index (κ2) is 8.88. The van der Waals surface area contributed by atoms with Crippen LogP contribution in [0.1, 0.15) is 59.9 Å². The topological polar surface area (TPSA) is 64.6 Å². The maximum absolute atomic E-state index is 12.2. The number of nitrogens with one attached hydrogen (secondary N) is 1. The normalized spacial score (nSPS) is 11.8. The molecule has 0 aliphatic carbocycles. The molecule has 0 atom stereocenters. The molecule has 0 radical (unpaired) electrons. The number of rotatable bonds is 8. The van der Waals surface area contributed by atoms with Crippen LogP contribution in [0.2, 0.25) is 0 Å². The molecule has 0 saturated heterocycles. The van der Waals surface area contributed by atoms with Crippen LogP contribution in [0, 0.1) is 0 Å². The van der Waals surface area contributed by atoms with Crippen LogP contribution in [0.25, 0.3) is 0 Å². The molecular formula is C20H31NO4. The average molecular weight is 349 g/mol. The van der Waals surface area contributed by atoms with Gasteiger partial charge in [0.05, 0.1) is 0 Å². The van der Waals surface area contributed by atoms with Crippen molar-refractivity contribution >= 4 is 11.9 Å². The zero-order valence-corrected chi connectivity index (χ0v) is 16.3. The van der Waals surface area contributed by atoms with Gasteiger partial charge in [-0.15, -0.1) is 0 Å². The van der Waals surface area contributed by atoms with E-state index in [0.29, 0.717) is 25.1 Å². The van der Waals surface area contributed by atoms with Crippen molar-refractivity contribution in [2.45, 2.75) is 72.0 Å². The zero-order valence-electron chi connectivity index (χ0n) is 16.3. The van der Waals surface area contributed by atoms with Crippen molar-refractivity contribution in [3.63, 3.8) is 0 Å². The number of hydrogen-bond acceptors (Lipinski definition) is 4. The second-order valence-corrected chi connectivity index (χ2v) is 7.61. The summed E-state index contributed by atoms with van der Waals surface area (Å²) in [4.78, 5) is 23.9. The number of carbonyl (C=O) groups excluding carboxylic acids is 2. The molecule has 1 rings (SSSR count). The number of ether oxygens (including phenoxy) is 2. The highest BCUT2D eigenvalue weighted by molar-refractivity contribution is 5.79. The van der Waals surface area contributed by atoms with Gasteiger partial charge in [0.25, 0.3) is 0 Å². The van der Waals surface area contributed by atoms with Crippen molar-refractivity contribution in [3.8, 4) is 5.75 Å². The Morgan fingerprint density at radius 3 is 2.16 bits per heavy atom. The van der Waals surface area contributed by atoms with Gasteiger partial charge in [0.1, 0.15) is 11.4 Å². The van der Waals surface area contributed by atoms with Crippen molar-refractivity contribution in [2.75, 3.05) is 6.54 Å². The molecule has 0 spiro atoms. The largest absolute Gasteiger partial charge is 0.476 e. The number of aryl methyl sites for hydroxylation is 1. The molecule has 0 saturated carbocycles. The maximum atomic E-state index is 12.2. The van der Waals surface area contributed by atoms with Crippen LogP contribution in [0.5, 0.6) is 5.75 Å². The van der Waals surface area contributed by atoms with Crippen molar-refractivity contribution < 1.29 is 19.1 Å². The molecule has 0 heterocycles. The van der Waals surface area contributed by atoms with Crippen molar-refractivity contribution in [3.05, 3.63) is 29.8 Å². The molecule has 140 valence electrons. The summed E-state index contributed by atoms with van der Waals surface area (Å²) in [6, 6.07) is 7.44. The average Bonchev–Trinajstić information content (AvgIpc) is 2.50. The predicted molar refractivity (Wildman–Crippen MR) is 98.6 cm³/mol. The Bertz CT molecular complexity index is 570. The minimum Gasteiger partial charge on any atom is -0.476 e. The third-order valence-electron chi connectivity index (χ3n) is 3.40. The van der Waals surface area contributed by atoms with Crippen LogP contribution in [-0.4, -0.2) is 29.6 Å². The van der Waals surface area contributed by atoms with E-state index in [1.165, 1.54) is 0 Å². The Balaban J connectivity index is 2.58. The van der Waals surface area contributed by atoms with E-state index in [1.54, 1.807) is 13.8 Å². The van der Waals surface area contributed by atoms with Gasteiger partial charge in [-0.05, 0) is 65.2 Å². The summed E-state index contributed by atoms with van der Waals surface area (Å²) in [6.45, 7) is 11.6. The molecular weight excluding hydrogens is 318 g/mol. The van der Waals surface area contributed by atoms with Gasteiger partial charge in [-0.2, -0.15) is 0 Å². The van der Waals surface area contributed by atoms with E-state index in [1.807, 2.05) is 52.0 Å². The van der Waals surface area contributed by atoms with Crippen LogP contribution < -0.4 is 10.1 Å². The van der Waals surface area contributed by atoms with E-state index in [9.17, 15) is 9.59 Å². The number of esters is 1. The Labute approximate surface area is 151 Å². The summed E-state index contributed by atoms with van der Waals surface area (Å²) in [7, 11) is 0. The molecule has 25 heavy (non-hydrogen) atoms. The summed E-state index contributed by atoms with van der Waals surface area (Å²) in [6.07, 6.45) is 2.07. The molecule has 1 amide bonds. The molecule has 1 aromatic rings. The zero-order chi connectivity index (χ0) is 19.1. The molecule has 0 aliphatic heterocycles. The van der Waals surface area contributed by atoms with Gasteiger partial charge < -0.3 is 14.8 Å². The highest BCUT2D eigenvalue weighted by Gasteiger charge is 2.34. The van der Waals surface area contributed by atoms with E-state index in [0.717, 1.165) is 12.0 Å². The summed E-state index contributed by atoms with van der Waals surface area (Å²) in [5.41, 5.74) is -0.580. The van der Waals surface area contributed by atoms with Gasteiger partial charge in [-0.1, -0.05) is 19.1 Å². The Hall–Kier alpha value is -2.04. The quantitative estimate of drug-likeness (QED) is 0.728. The first kappa shape index (κ1) is 21.0. The molecule has 5 nitrogen and oxygen atoms in total. The minimum atomic E-state index is -1.07. The lowest BCUT2D eigenvalue weighted by Gasteiger charge is -2.29. The van der Waals surface area contributed by atoms with Gasteiger partial charge >= 0.3 is 5.97 Å². The van der Waals surface area contributed by atoms with E-state index in [-0.39, 0.29) is 5.91 Å². The lowest BCUT2D eigenvalue weighted by molar-refractivity contribution is -0.170. The molecule has 1 N–H and O–H groups in total. The first-order valence-corrected chi connectivity index (χ1v) is 8.81. The van der Waals surface area contributed by atoms with Crippen LogP contribution in [0.4, 0.5) is 0 Å². The number of benzene rings is 1. The predicted octanol–water partition coefficient (Wildman–Crippen LogP) is 3.64. The summed E-state index contributed by atoms with van der Waals surface area (Å²) < 4.78 is 11.2. The van der Waals surface area contributed by atoms with Crippen molar-refractivity contribution in [2.24, 2.45) is 0 Å². The fraction of sp³-hybridized carbons (Fsp3) is 0.600. The van der Waals surface area contributed by atoms with E-state index in [4.69, 9.17) is 9.47 Å². The molecule has 0 bridgehead atoms. The Kier molecular flexibility index (Phi) is 7.46. The number of carbonyl (C=O) groups is 2. The molecule has 1 aromatic carbocycles. The molecule has 0 unspecified atom stereocenters. The van der Waals surface area contributed by atoms with E-state index < -0.39 is 17.2 Å². The van der Waals surface area contributed by atoms with Gasteiger partial charge in [-0.25, -0.2) is 4.79 Å². The number of amides is 1. The monoisotopic (exact) mass is 349 g/mol. The molecule has 0 fully saturated rings. The maximum Gasteiger partial charge on any atom is 0.350 e. The fourth-order valence-corrected chi connectivity index (χ4v) is 2.07. The lowest BCUT2D eigenvalue weighted by atomic mass is 10.1. The highest BCUT2D eigenvalue weighted by Crippen LogP contribution is 2.22. The van der Waals surface area contributed by atoms with E-state index >= 15 is 0 Å². The third-order valence-corrected chi connectivity index (χ3v) is 3.40. The third kappa shape index (κ3) is 8.05.